The third-order valence-corrected chi connectivity index (χ3v) is 6.19. The molecule has 2 saturated heterocycles. The summed E-state index contributed by atoms with van der Waals surface area (Å²) in [6.45, 7) is 2.84. The van der Waals surface area contributed by atoms with Crippen LogP contribution in [0.4, 0.5) is 0 Å². The van der Waals surface area contributed by atoms with Crippen LogP contribution in [0.25, 0.3) is 0 Å². The van der Waals surface area contributed by atoms with Crippen LogP contribution in [0.3, 0.4) is 0 Å². The van der Waals surface area contributed by atoms with E-state index in [2.05, 4.69) is 5.32 Å². The Kier molecular flexibility index (Phi) is 4.57. The molecule has 21 heavy (non-hydrogen) atoms. The maximum atomic E-state index is 12.8. The summed E-state index contributed by atoms with van der Waals surface area (Å²) in [7, 11) is -3.16. The van der Waals surface area contributed by atoms with Crippen LogP contribution in [0.2, 0.25) is 0 Å². The van der Waals surface area contributed by atoms with E-state index in [4.69, 9.17) is 5.11 Å². The minimum atomic E-state index is -3.16. The number of piperidine rings is 1. The third kappa shape index (κ3) is 3.74. The molecule has 7 nitrogen and oxygen atoms in total. The van der Waals surface area contributed by atoms with E-state index in [1.54, 1.807) is 0 Å². The normalized spacial score (nSPS) is 27.2. The van der Waals surface area contributed by atoms with Gasteiger partial charge in [-0.25, -0.2) is 8.42 Å². The van der Waals surface area contributed by atoms with E-state index >= 15 is 0 Å². The van der Waals surface area contributed by atoms with E-state index < -0.39 is 33.8 Å². The van der Waals surface area contributed by atoms with Crippen molar-refractivity contribution >= 4 is 21.7 Å². The van der Waals surface area contributed by atoms with E-state index in [1.807, 2.05) is 6.92 Å². The van der Waals surface area contributed by atoms with Crippen molar-refractivity contribution in [3.05, 3.63) is 0 Å². The highest BCUT2D eigenvalue weighted by atomic mass is 32.2. The molecule has 8 heteroatoms. The van der Waals surface area contributed by atoms with Crippen molar-refractivity contribution in [1.29, 1.82) is 0 Å². The number of carbonyl (C=O) groups is 2. The summed E-state index contributed by atoms with van der Waals surface area (Å²) in [6, 6.07) is -0.509. The number of hydrogen-bond acceptors (Lipinski definition) is 5. The molecule has 0 aromatic heterocycles. The Hall–Kier alpha value is -1.15. The molecule has 1 amide bonds. The first-order chi connectivity index (χ1) is 9.73. The lowest BCUT2D eigenvalue weighted by Crippen LogP contribution is -2.53. The number of carboxylic acids is 1. The largest absolute Gasteiger partial charge is 0.480 e. The van der Waals surface area contributed by atoms with Crippen molar-refractivity contribution in [3.8, 4) is 0 Å². The molecule has 0 saturated carbocycles. The summed E-state index contributed by atoms with van der Waals surface area (Å²) in [4.78, 5) is 25.1. The average molecular weight is 318 g/mol. The lowest BCUT2D eigenvalue weighted by Gasteiger charge is -2.39. The van der Waals surface area contributed by atoms with Crippen LogP contribution in [0, 0.1) is 5.41 Å². The van der Waals surface area contributed by atoms with E-state index in [9.17, 15) is 18.0 Å². The van der Waals surface area contributed by atoms with Crippen molar-refractivity contribution in [2.24, 2.45) is 5.41 Å². The number of aliphatic carboxylic acids is 1. The number of hydrogen-bond donors (Lipinski definition) is 2. The topological polar surface area (TPSA) is 104 Å². The van der Waals surface area contributed by atoms with Crippen LogP contribution in [0.1, 0.15) is 26.2 Å². The van der Waals surface area contributed by atoms with Gasteiger partial charge < -0.3 is 15.3 Å². The Morgan fingerprint density at radius 2 is 1.95 bits per heavy atom. The van der Waals surface area contributed by atoms with Gasteiger partial charge in [0.05, 0.1) is 11.5 Å². The molecule has 0 spiro atoms. The number of carbonyl (C=O) groups excluding carboxylic acids is 1. The number of amides is 1. The monoisotopic (exact) mass is 318 g/mol. The average Bonchev–Trinajstić information content (AvgIpc) is 2.76. The van der Waals surface area contributed by atoms with Crippen molar-refractivity contribution in [2.75, 3.05) is 31.1 Å². The van der Waals surface area contributed by atoms with E-state index in [-0.39, 0.29) is 17.4 Å². The van der Waals surface area contributed by atoms with Gasteiger partial charge in [-0.1, -0.05) is 6.92 Å². The molecule has 120 valence electrons. The van der Waals surface area contributed by atoms with Crippen LogP contribution in [0.5, 0.6) is 0 Å². The number of nitrogens with zero attached hydrogens (tertiary/aromatic N) is 1. The molecule has 2 fully saturated rings. The Bertz CT molecular complexity index is 525. The summed E-state index contributed by atoms with van der Waals surface area (Å²) in [5.74, 6) is -1.43. The molecular formula is C13H22N2O5S. The predicted molar refractivity (Wildman–Crippen MR) is 76.6 cm³/mol. The lowest BCUT2D eigenvalue weighted by molar-refractivity contribution is -0.152. The Balaban J connectivity index is 2.19. The summed E-state index contributed by atoms with van der Waals surface area (Å²) in [6.07, 6.45) is 1.61. The molecule has 0 aliphatic carbocycles. The maximum Gasteiger partial charge on any atom is 0.323 e. The zero-order valence-electron chi connectivity index (χ0n) is 12.2. The molecule has 0 radical (unpaired) electrons. The molecular weight excluding hydrogens is 296 g/mol. The molecule has 2 rings (SSSR count). The highest BCUT2D eigenvalue weighted by molar-refractivity contribution is 7.91. The van der Waals surface area contributed by atoms with Crippen molar-refractivity contribution in [2.45, 2.75) is 32.2 Å². The molecule has 2 N–H and O–H groups in total. The summed E-state index contributed by atoms with van der Waals surface area (Å²) < 4.78 is 23.2. The standard InChI is InChI=1S/C13H22N2O5S/c1-13(3-5-14-6-4-13)12(18)15(8-11(16)17)10-2-7-21(19,20)9-10/h10,14H,2-9H2,1H3,(H,16,17). The second-order valence-electron chi connectivity index (χ2n) is 6.19. The predicted octanol–water partition coefficient (Wildman–Crippen LogP) is -0.524. The molecule has 1 unspecified atom stereocenters. The Morgan fingerprint density at radius 3 is 2.43 bits per heavy atom. The summed E-state index contributed by atoms with van der Waals surface area (Å²) in [5, 5.41) is 12.2. The Labute approximate surface area is 124 Å². The maximum absolute atomic E-state index is 12.8. The summed E-state index contributed by atoms with van der Waals surface area (Å²) in [5.41, 5.74) is -0.604. The number of nitrogens with one attached hydrogen (secondary N) is 1. The smallest absolute Gasteiger partial charge is 0.323 e. The molecule has 0 aromatic carbocycles. The zero-order chi connectivity index (χ0) is 15.7. The van der Waals surface area contributed by atoms with Gasteiger partial charge in [0.2, 0.25) is 5.91 Å². The lowest BCUT2D eigenvalue weighted by atomic mass is 9.79. The van der Waals surface area contributed by atoms with Gasteiger partial charge in [0.25, 0.3) is 0 Å². The first kappa shape index (κ1) is 16.2. The summed E-state index contributed by atoms with van der Waals surface area (Å²) >= 11 is 0. The van der Waals surface area contributed by atoms with Gasteiger partial charge in [-0.15, -0.1) is 0 Å². The quantitative estimate of drug-likeness (QED) is 0.722. The molecule has 2 aliphatic heterocycles. The number of sulfone groups is 1. The van der Waals surface area contributed by atoms with Gasteiger partial charge in [0, 0.05) is 11.5 Å². The third-order valence-electron chi connectivity index (χ3n) is 4.44. The fraction of sp³-hybridized carbons (Fsp3) is 0.846. The van der Waals surface area contributed by atoms with Crippen LogP contribution in [-0.4, -0.2) is 67.5 Å². The van der Waals surface area contributed by atoms with Gasteiger partial charge >= 0.3 is 5.97 Å². The second-order valence-corrected chi connectivity index (χ2v) is 8.42. The number of carboxylic acid groups (broad SMARTS) is 1. The first-order valence-corrected chi connectivity index (χ1v) is 9.00. The van der Waals surface area contributed by atoms with Crippen molar-refractivity contribution in [1.82, 2.24) is 10.2 Å². The highest BCUT2D eigenvalue weighted by Crippen LogP contribution is 2.32. The van der Waals surface area contributed by atoms with Crippen LogP contribution >= 0.6 is 0 Å². The van der Waals surface area contributed by atoms with E-state index in [1.165, 1.54) is 4.90 Å². The van der Waals surface area contributed by atoms with Gasteiger partial charge in [-0.05, 0) is 32.4 Å². The van der Waals surface area contributed by atoms with E-state index in [0.717, 1.165) is 0 Å². The minimum Gasteiger partial charge on any atom is -0.480 e. The Morgan fingerprint density at radius 1 is 1.33 bits per heavy atom. The fourth-order valence-electron chi connectivity index (χ4n) is 3.07. The van der Waals surface area contributed by atoms with E-state index in [0.29, 0.717) is 32.4 Å². The fourth-order valence-corrected chi connectivity index (χ4v) is 4.80. The molecule has 0 bridgehead atoms. The van der Waals surface area contributed by atoms with Gasteiger partial charge in [-0.2, -0.15) is 0 Å². The van der Waals surface area contributed by atoms with Gasteiger partial charge in [-0.3, -0.25) is 9.59 Å². The molecule has 2 aliphatic rings. The molecule has 1 atom stereocenters. The molecule has 2 heterocycles. The minimum absolute atomic E-state index is 0.0271. The van der Waals surface area contributed by atoms with Crippen LogP contribution < -0.4 is 5.32 Å². The van der Waals surface area contributed by atoms with Crippen molar-refractivity contribution < 1.29 is 23.1 Å². The van der Waals surface area contributed by atoms with Gasteiger partial charge in [0.1, 0.15) is 6.54 Å². The highest BCUT2D eigenvalue weighted by Gasteiger charge is 2.43. The second kappa shape index (κ2) is 5.92. The molecule has 0 aromatic rings. The van der Waals surface area contributed by atoms with Crippen molar-refractivity contribution in [3.63, 3.8) is 0 Å². The van der Waals surface area contributed by atoms with Crippen LogP contribution in [-0.2, 0) is 19.4 Å². The van der Waals surface area contributed by atoms with Crippen LogP contribution in [0.15, 0.2) is 0 Å². The SMILES string of the molecule is CC1(C(=O)N(CC(=O)O)C2CCS(=O)(=O)C2)CCNCC1. The number of rotatable bonds is 4. The zero-order valence-corrected chi connectivity index (χ0v) is 13.0. The first-order valence-electron chi connectivity index (χ1n) is 7.17. The van der Waals surface area contributed by atoms with Gasteiger partial charge in [0.15, 0.2) is 9.84 Å².